The van der Waals surface area contributed by atoms with Gasteiger partial charge in [0.25, 0.3) is 0 Å². The van der Waals surface area contributed by atoms with Crippen LogP contribution in [-0.2, 0) is 0 Å². The van der Waals surface area contributed by atoms with Crippen molar-refractivity contribution in [3.05, 3.63) is 82.4 Å². The summed E-state index contributed by atoms with van der Waals surface area (Å²) < 4.78 is 0. The highest BCUT2D eigenvalue weighted by Crippen LogP contribution is 2.36. The number of hydrogen-bond acceptors (Lipinski definition) is 0. The molecule has 0 nitrogen and oxygen atoms in total. The molecular weight excluding hydrogens is 276 g/mol. The Balaban J connectivity index is 2.18. The van der Waals surface area contributed by atoms with Crippen molar-refractivity contribution < 1.29 is 0 Å². The van der Waals surface area contributed by atoms with E-state index in [1.807, 2.05) is 0 Å². The molecule has 3 aromatic carbocycles. The molecule has 0 amide bonds. The van der Waals surface area contributed by atoms with Crippen LogP contribution < -0.4 is 0 Å². The molecule has 0 aliphatic carbocycles. The first kappa shape index (κ1) is 14.2. The SMILES string of the molecule is Cc1ccc(C(Cl)c2ccc(C)c3ccccc23)c(C)c1. The van der Waals surface area contributed by atoms with Crippen LogP contribution >= 0.6 is 11.6 Å². The van der Waals surface area contributed by atoms with E-state index in [0.717, 1.165) is 0 Å². The van der Waals surface area contributed by atoms with E-state index < -0.39 is 0 Å². The van der Waals surface area contributed by atoms with Crippen LogP contribution in [0.4, 0.5) is 0 Å². The van der Waals surface area contributed by atoms with Gasteiger partial charge >= 0.3 is 0 Å². The van der Waals surface area contributed by atoms with Crippen molar-refractivity contribution in [3.63, 3.8) is 0 Å². The van der Waals surface area contributed by atoms with Crippen LogP contribution in [0.1, 0.15) is 33.2 Å². The second kappa shape index (κ2) is 5.54. The van der Waals surface area contributed by atoms with E-state index in [0.29, 0.717) is 0 Å². The van der Waals surface area contributed by atoms with Crippen LogP contribution in [0.2, 0.25) is 0 Å². The molecule has 0 fully saturated rings. The lowest BCUT2D eigenvalue weighted by atomic mass is 9.93. The molecule has 106 valence electrons. The van der Waals surface area contributed by atoms with Gasteiger partial charge in [0.1, 0.15) is 0 Å². The maximum atomic E-state index is 6.82. The first-order chi connectivity index (χ1) is 10.1. The Morgan fingerprint density at radius 3 is 2.10 bits per heavy atom. The van der Waals surface area contributed by atoms with Crippen LogP contribution in [-0.4, -0.2) is 0 Å². The minimum Gasteiger partial charge on any atom is -0.113 e. The summed E-state index contributed by atoms with van der Waals surface area (Å²) >= 11 is 6.82. The van der Waals surface area contributed by atoms with E-state index >= 15 is 0 Å². The molecular formula is C20H19Cl. The topological polar surface area (TPSA) is 0 Å². The quantitative estimate of drug-likeness (QED) is 0.501. The molecule has 0 aliphatic rings. The Hall–Kier alpha value is -1.79. The van der Waals surface area contributed by atoms with Gasteiger partial charge in [-0.3, -0.25) is 0 Å². The van der Waals surface area contributed by atoms with Crippen molar-refractivity contribution >= 4 is 22.4 Å². The molecule has 0 spiro atoms. The highest BCUT2D eigenvalue weighted by molar-refractivity contribution is 6.23. The number of halogens is 1. The third kappa shape index (κ3) is 2.56. The van der Waals surface area contributed by atoms with Crippen LogP contribution in [0.25, 0.3) is 10.8 Å². The summed E-state index contributed by atoms with van der Waals surface area (Å²) in [7, 11) is 0. The molecule has 0 saturated carbocycles. The highest BCUT2D eigenvalue weighted by atomic mass is 35.5. The number of rotatable bonds is 2. The summed E-state index contributed by atoms with van der Waals surface area (Å²) in [6, 6.07) is 19.3. The van der Waals surface area contributed by atoms with Gasteiger partial charge in [-0.15, -0.1) is 11.6 Å². The van der Waals surface area contributed by atoms with Gasteiger partial charge < -0.3 is 0 Å². The Labute approximate surface area is 131 Å². The molecule has 1 atom stereocenters. The maximum absolute atomic E-state index is 6.82. The first-order valence-electron chi connectivity index (χ1n) is 7.27. The van der Waals surface area contributed by atoms with E-state index in [1.54, 1.807) is 0 Å². The number of fused-ring (bicyclic) bond motifs is 1. The van der Waals surface area contributed by atoms with Crippen LogP contribution in [0.15, 0.2) is 54.6 Å². The minimum absolute atomic E-state index is 0.115. The zero-order valence-electron chi connectivity index (χ0n) is 12.7. The van der Waals surface area contributed by atoms with E-state index in [9.17, 15) is 0 Å². The molecule has 0 bridgehead atoms. The van der Waals surface area contributed by atoms with Crippen molar-refractivity contribution in [1.82, 2.24) is 0 Å². The molecule has 1 unspecified atom stereocenters. The molecule has 21 heavy (non-hydrogen) atoms. The summed E-state index contributed by atoms with van der Waals surface area (Å²) in [6.45, 7) is 6.39. The monoisotopic (exact) mass is 294 g/mol. The van der Waals surface area contributed by atoms with Gasteiger partial charge in [-0.25, -0.2) is 0 Å². The molecule has 0 aromatic heterocycles. The van der Waals surface area contributed by atoms with Crippen LogP contribution in [0, 0.1) is 20.8 Å². The lowest BCUT2D eigenvalue weighted by molar-refractivity contribution is 1.12. The standard InChI is InChI=1S/C20H19Cl/c1-13-8-10-17(15(3)12-13)20(21)19-11-9-14(2)16-6-4-5-7-18(16)19/h4-12,20H,1-3H3. The Bertz CT molecular complexity index is 802. The zero-order valence-corrected chi connectivity index (χ0v) is 13.4. The molecule has 0 aliphatic heterocycles. The van der Waals surface area contributed by atoms with E-state index in [4.69, 9.17) is 11.6 Å². The molecule has 3 aromatic rings. The number of alkyl halides is 1. The summed E-state index contributed by atoms with van der Waals surface area (Å²) in [6.07, 6.45) is 0. The lowest BCUT2D eigenvalue weighted by Gasteiger charge is -2.17. The average Bonchev–Trinajstić information content (AvgIpc) is 2.47. The fourth-order valence-electron chi connectivity index (χ4n) is 2.97. The predicted molar refractivity (Wildman–Crippen MR) is 92.3 cm³/mol. The maximum Gasteiger partial charge on any atom is 0.0843 e. The van der Waals surface area contributed by atoms with Gasteiger partial charge in [0.2, 0.25) is 0 Å². The molecule has 0 heterocycles. The zero-order chi connectivity index (χ0) is 15.0. The van der Waals surface area contributed by atoms with Crippen molar-refractivity contribution in [2.45, 2.75) is 26.1 Å². The van der Waals surface area contributed by atoms with Gasteiger partial charge in [0.05, 0.1) is 5.38 Å². The van der Waals surface area contributed by atoms with Crippen molar-refractivity contribution in [2.75, 3.05) is 0 Å². The fraction of sp³-hybridized carbons (Fsp3) is 0.200. The first-order valence-corrected chi connectivity index (χ1v) is 7.71. The summed E-state index contributed by atoms with van der Waals surface area (Å²) in [4.78, 5) is 0. The normalized spacial score (nSPS) is 12.6. The fourth-order valence-corrected chi connectivity index (χ4v) is 3.41. The van der Waals surface area contributed by atoms with Gasteiger partial charge in [0, 0.05) is 0 Å². The van der Waals surface area contributed by atoms with Crippen LogP contribution in [0.3, 0.4) is 0 Å². The van der Waals surface area contributed by atoms with E-state index in [2.05, 4.69) is 75.4 Å². The third-order valence-electron chi connectivity index (χ3n) is 4.15. The van der Waals surface area contributed by atoms with Crippen molar-refractivity contribution in [2.24, 2.45) is 0 Å². The van der Waals surface area contributed by atoms with E-state index in [1.165, 1.54) is 38.6 Å². The lowest BCUT2D eigenvalue weighted by Crippen LogP contribution is -1.98. The number of benzene rings is 3. The smallest absolute Gasteiger partial charge is 0.0843 e. The molecule has 0 saturated heterocycles. The molecule has 0 N–H and O–H groups in total. The second-order valence-electron chi connectivity index (χ2n) is 5.74. The molecule has 3 rings (SSSR count). The van der Waals surface area contributed by atoms with Gasteiger partial charge in [0.15, 0.2) is 0 Å². The third-order valence-corrected chi connectivity index (χ3v) is 4.62. The average molecular weight is 295 g/mol. The number of hydrogen-bond donors (Lipinski definition) is 0. The predicted octanol–water partition coefficient (Wildman–Crippen LogP) is 6.09. The van der Waals surface area contributed by atoms with Crippen molar-refractivity contribution in [3.8, 4) is 0 Å². The second-order valence-corrected chi connectivity index (χ2v) is 6.18. The largest absolute Gasteiger partial charge is 0.113 e. The van der Waals surface area contributed by atoms with Crippen molar-refractivity contribution in [1.29, 1.82) is 0 Å². The Morgan fingerprint density at radius 1 is 0.714 bits per heavy atom. The summed E-state index contributed by atoms with van der Waals surface area (Å²) in [5, 5.41) is 2.42. The molecule has 1 heteroatoms. The van der Waals surface area contributed by atoms with Gasteiger partial charge in [-0.2, -0.15) is 0 Å². The number of aryl methyl sites for hydroxylation is 3. The van der Waals surface area contributed by atoms with Gasteiger partial charge in [-0.1, -0.05) is 60.2 Å². The highest BCUT2D eigenvalue weighted by Gasteiger charge is 2.16. The van der Waals surface area contributed by atoms with E-state index in [-0.39, 0.29) is 5.38 Å². The summed E-state index contributed by atoms with van der Waals surface area (Å²) in [5.41, 5.74) is 6.19. The Kier molecular flexibility index (Phi) is 3.73. The Morgan fingerprint density at radius 2 is 1.38 bits per heavy atom. The van der Waals surface area contributed by atoms with Gasteiger partial charge in [-0.05, 0) is 53.8 Å². The molecule has 0 radical (unpaired) electrons. The summed E-state index contributed by atoms with van der Waals surface area (Å²) in [5.74, 6) is 0. The minimum atomic E-state index is -0.115. The van der Waals surface area contributed by atoms with Crippen LogP contribution in [0.5, 0.6) is 0 Å².